The van der Waals surface area contributed by atoms with Gasteiger partial charge in [0.05, 0.1) is 13.2 Å². The van der Waals surface area contributed by atoms with Crippen LogP contribution in [0.15, 0.2) is 64.2 Å². The number of H-pyrrole nitrogens is 1. The van der Waals surface area contributed by atoms with Crippen molar-refractivity contribution in [1.29, 1.82) is 0 Å². The van der Waals surface area contributed by atoms with Gasteiger partial charge in [0.1, 0.15) is 24.7 Å². The van der Waals surface area contributed by atoms with Crippen LogP contribution in [0.1, 0.15) is 11.1 Å². The number of ether oxygens (including phenoxy) is 3. The predicted molar refractivity (Wildman–Crippen MR) is 132 cm³/mol. The third-order valence-electron chi connectivity index (χ3n) is 5.27. The van der Waals surface area contributed by atoms with Crippen LogP contribution in [0.5, 0.6) is 11.5 Å². The normalized spacial score (nSPS) is 12.5. The van der Waals surface area contributed by atoms with Crippen LogP contribution < -0.4 is 31.4 Å². The molecular formula is C25H26N4O6. The number of anilines is 2. The third-order valence-corrected chi connectivity index (χ3v) is 5.27. The summed E-state index contributed by atoms with van der Waals surface area (Å²) in [6.45, 7) is 1.61. The Morgan fingerprint density at radius 1 is 1.11 bits per heavy atom. The SMILES string of the molecule is COCCn1c(NC(=O)/C=C/c2ccc3c(c2)OCCO3)c(NCc2ccccc2)c(=O)[nH]c1=O. The van der Waals surface area contributed by atoms with E-state index in [-0.39, 0.29) is 24.7 Å². The smallest absolute Gasteiger partial charge is 0.330 e. The van der Waals surface area contributed by atoms with Crippen molar-refractivity contribution in [2.45, 2.75) is 13.1 Å². The number of nitrogens with zero attached hydrogens (tertiary/aromatic N) is 1. The van der Waals surface area contributed by atoms with Gasteiger partial charge in [-0.15, -0.1) is 0 Å². The molecule has 0 bridgehead atoms. The number of hydrogen-bond donors (Lipinski definition) is 3. The number of benzene rings is 2. The molecule has 3 aromatic rings. The minimum absolute atomic E-state index is 0.0588. The lowest BCUT2D eigenvalue weighted by Crippen LogP contribution is -2.36. The third kappa shape index (κ3) is 5.98. The Labute approximate surface area is 201 Å². The van der Waals surface area contributed by atoms with E-state index in [9.17, 15) is 14.4 Å². The highest BCUT2D eigenvalue weighted by Gasteiger charge is 2.17. The Balaban J connectivity index is 1.59. The van der Waals surface area contributed by atoms with Crippen molar-refractivity contribution in [3.8, 4) is 11.5 Å². The maximum atomic E-state index is 12.8. The molecule has 10 nitrogen and oxygen atoms in total. The number of fused-ring (bicyclic) bond motifs is 1. The first-order valence-corrected chi connectivity index (χ1v) is 11.1. The molecular weight excluding hydrogens is 452 g/mol. The summed E-state index contributed by atoms with van der Waals surface area (Å²) in [5, 5.41) is 5.72. The molecule has 182 valence electrons. The molecule has 0 aliphatic carbocycles. The minimum Gasteiger partial charge on any atom is -0.486 e. The van der Waals surface area contributed by atoms with Crippen molar-refractivity contribution in [2.24, 2.45) is 0 Å². The minimum atomic E-state index is -0.650. The van der Waals surface area contributed by atoms with Gasteiger partial charge in [0.2, 0.25) is 5.91 Å². The molecule has 0 fully saturated rings. The molecule has 0 saturated carbocycles. The summed E-state index contributed by atoms with van der Waals surface area (Å²) in [6.07, 6.45) is 2.92. The molecule has 1 amide bonds. The van der Waals surface area contributed by atoms with Gasteiger partial charge in [-0.25, -0.2) is 4.79 Å². The highest BCUT2D eigenvalue weighted by atomic mass is 16.6. The Hall–Kier alpha value is -4.31. The van der Waals surface area contributed by atoms with E-state index >= 15 is 0 Å². The molecule has 35 heavy (non-hydrogen) atoms. The van der Waals surface area contributed by atoms with E-state index in [0.717, 1.165) is 11.1 Å². The number of carbonyl (C=O) groups excluding carboxylic acids is 1. The number of rotatable bonds is 9. The number of aromatic amines is 1. The molecule has 2 aromatic carbocycles. The quantitative estimate of drug-likeness (QED) is 0.403. The molecule has 0 unspecified atom stereocenters. The second kappa shape index (κ2) is 11.2. The van der Waals surface area contributed by atoms with Crippen LogP contribution in [0.4, 0.5) is 11.5 Å². The topological polar surface area (TPSA) is 124 Å². The van der Waals surface area contributed by atoms with Gasteiger partial charge < -0.3 is 24.8 Å². The van der Waals surface area contributed by atoms with Crippen LogP contribution in [0.3, 0.4) is 0 Å². The second-order valence-electron chi connectivity index (χ2n) is 7.69. The maximum absolute atomic E-state index is 12.8. The van der Waals surface area contributed by atoms with Gasteiger partial charge in [-0.2, -0.15) is 0 Å². The van der Waals surface area contributed by atoms with Crippen molar-refractivity contribution < 1.29 is 19.0 Å². The number of aromatic nitrogens is 2. The second-order valence-corrected chi connectivity index (χ2v) is 7.69. The van der Waals surface area contributed by atoms with Crippen molar-refractivity contribution in [2.75, 3.05) is 37.6 Å². The molecule has 1 aliphatic rings. The highest BCUT2D eigenvalue weighted by molar-refractivity contribution is 6.03. The van der Waals surface area contributed by atoms with Crippen LogP contribution in [0, 0.1) is 0 Å². The number of carbonyl (C=O) groups is 1. The molecule has 10 heteroatoms. The van der Waals surface area contributed by atoms with E-state index in [1.54, 1.807) is 24.3 Å². The number of nitrogens with one attached hydrogen (secondary N) is 3. The molecule has 0 radical (unpaired) electrons. The van der Waals surface area contributed by atoms with Gasteiger partial charge in [0.15, 0.2) is 11.5 Å². The van der Waals surface area contributed by atoms with Crippen LogP contribution in [0.25, 0.3) is 6.08 Å². The van der Waals surface area contributed by atoms with Crippen molar-refractivity contribution in [3.05, 3.63) is 86.6 Å². The van der Waals surface area contributed by atoms with E-state index in [1.807, 2.05) is 30.3 Å². The maximum Gasteiger partial charge on any atom is 0.330 e. The fourth-order valence-electron chi connectivity index (χ4n) is 3.54. The molecule has 2 heterocycles. The average Bonchev–Trinajstić information content (AvgIpc) is 2.87. The first-order valence-electron chi connectivity index (χ1n) is 11.1. The Morgan fingerprint density at radius 3 is 2.66 bits per heavy atom. The lowest BCUT2D eigenvalue weighted by molar-refractivity contribution is -0.111. The van der Waals surface area contributed by atoms with Gasteiger partial charge >= 0.3 is 5.69 Å². The van der Waals surface area contributed by atoms with Crippen molar-refractivity contribution in [1.82, 2.24) is 9.55 Å². The molecule has 0 spiro atoms. The van der Waals surface area contributed by atoms with Gasteiger partial charge in [0, 0.05) is 19.7 Å². The van der Waals surface area contributed by atoms with E-state index in [4.69, 9.17) is 14.2 Å². The molecule has 1 aromatic heterocycles. The van der Waals surface area contributed by atoms with Gasteiger partial charge in [-0.3, -0.25) is 19.1 Å². The summed E-state index contributed by atoms with van der Waals surface area (Å²) in [5.41, 5.74) is 0.451. The summed E-state index contributed by atoms with van der Waals surface area (Å²) >= 11 is 0. The number of amides is 1. The number of methoxy groups -OCH3 is 1. The Bertz CT molecular complexity index is 1330. The Kier molecular flexibility index (Phi) is 7.63. The zero-order valence-corrected chi connectivity index (χ0v) is 19.2. The summed E-state index contributed by atoms with van der Waals surface area (Å²) in [5.74, 6) is 0.800. The van der Waals surface area contributed by atoms with E-state index in [1.165, 1.54) is 17.8 Å². The van der Waals surface area contributed by atoms with E-state index in [0.29, 0.717) is 31.3 Å². The largest absolute Gasteiger partial charge is 0.486 e. The average molecular weight is 479 g/mol. The predicted octanol–water partition coefficient (Wildman–Crippen LogP) is 2.22. The fraction of sp³-hybridized carbons (Fsp3) is 0.240. The molecule has 0 atom stereocenters. The van der Waals surface area contributed by atoms with E-state index < -0.39 is 17.2 Å². The van der Waals surface area contributed by atoms with Crippen LogP contribution in [-0.2, 0) is 22.6 Å². The lowest BCUT2D eigenvalue weighted by Gasteiger charge is -2.18. The molecule has 0 saturated heterocycles. The summed E-state index contributed by atoms with van der Waals surface area (Å²) in [4.78, 5) is 40.3. The summed E-state index contributed by atoms with van der Waals surface area (Å²) in [7, 11) is 1.50. The monoisotopic (exact) mass is 478 g/mol. The standard InChI is InChI=1S/C25H26N4O6/c1-33-12-11-29-23(22(24(31)28-25(29)32)26-16-18-5-3-2-4-6-18)27-21(30)10-8-17-7-9-19-20(15-17)35-14-13-34-19/h2-10,15,26H,11-14,16H2,1H3,(H,27,30)(H,28,31,32)/b10-8+. The fourth-order valence-corrected chi connectivity index (χ4v) is 3.54. The summed E-state index contributed by atoms with van der Waals surface area (Å²) in [6, 6.07) is 14.8. The van der Waals surface area contributed by atoms with Gasteiger partial charge in [-0.05, 0) is 29.3 Å². The lowest BCUT2D eigenvalue weighted by atomic mass is 10.2. The van der Waals surface area contributed by atoms with Crippen LogP contribution in [-0.4, -0.2) is 42.4 Å². The van der Waals surface area contributed by atoms with Crippen molar-refractivity contribution in [3.63, 3.8) is 0 Å². The molecule has 3 N–H and O–H groups in total. The van der Waals surface area contributed by atoms with Crippen LogP contribution in [0.2, 0.25) is 0 Å². The zero-order valence-electron chi connectivity index (χ0n) is 19.2. The van der Waals surface area contributed by atoms with Gasteiger partial charge in [0.25, 0.3) is 5.56 Å². The first-order chi connectivity index (χ1) is 17.0. The van der Waals surface area contributed by atoms with Crippen molar-refractivity contribution >= 4 is 23.5 Å². The highest BCUT2D eigenvalue weighted by Crippen LogP contribution is 2.31. The summed E-state index contributed by atoms with van der Waals surface area (Å²) < 4.78 is 17.4. The molecule has 4 rings (SSSR count). The first kappa shape index (κ1) is 23.8. The number of hydrogen-bond acceptors (Lipinski definition) is 7. The zero-order chi connectivity index (χ0) is 24.6. The van der Waals surface area contributed by atoms with Crippen LogP contribution >= 0.6 is 0 Å². The van der Waals surface area contributed by atoms with E-state index in [2.05, 4.69) is 15.6 Å². The molecule has 1 aliphatic heterocycles. The Morgan fingerprint density at radius 2 is 1.89 bits per heavy atom. The van der Waals surface area contributed by atoms with Gasteiger partial charge in [-0.1, -0.05) is 36.4 Å².